The number of hydrogen-bond acceptors (Lipinski definition) is 5. The van der Waals surface area contributed by atoms with E-state index in [-0.39, 0.29) is 5.69 Å². The maximum Gasteiger partial charge on any atom is 0.223 e. The third kappa shape index (κ3) is 3.39. The van der Waals surface area contributed by atoms with Crippen LogP contribution in [0.25, 0.3) is 11.3 Å². The lowest BCUT2D eigenvalue weighted by molar-refractivity contribution is 0.355. The molecule has 0 aliphatic heterocycles. The highest BCUT2D eigenvalue weighted by atomic mass is 19.1. The molecule has 1 aromatic carbocycles. The van der Waals surface area contributed by atoms with Gasteiger partial charge in [0.25, 0.3) is 0 Å². The molecule has 0 saturated carbocycles. The van der Waals surface area contributed by atoms with Gasteiger partial charge in [0.05, 0.1) is 20.4 Å². The van der Waals surface area contributed by atoms with Crippen LogP contribution < -0.4 is 14.8 Å². The van der Waals surface area contributed by atoms with E-state index in [1.807, 2.05) is 6.92 Å². The van der Waals surface area contributed by atoms with Crippen molar-refractivity contribution in [2.75, 3.05) is 26.1 Å². The number of benzene rings is 1. The molecule has 0 aliphatic carbocycles. The molecule has 0 saturated heterocycles. The van der Waals surface area contributed by atoms with Gasteiger partial charge in [-0.05, 0) is 24.6 Å². The van der Waals surface area contributed by atoms with Gasteiger partial charge in [0, 0.05) is 12.1 Å². The Morgan fingerprint density at radius 3 is 2.62 bits per heavy atom. The van der Waals surface area contributed by atoms with Gasteiger partial charge in [-0.3, -0.25) is 0 Å². The molecular formula is C15H18FN3O2. The molecule has 1 aromatic heterocycles. The maximum absolute atomic E-state index is 14.0. The van der Waals surface area contributed by atoms with Crippen LogP contribution in [0, 0.1) is 5.82 Å². The Kier molecular flexibility index (Phi) is 4.92. The Morgan fingerprint density at radius 2 is 1.95 bits per heavy atom. The highest BCUT2D eigenvalue weighted by molar-refractivity contribution is 5.65. The second-order valence-corrected chi connectivity index (χ2v) is 4.39. The highest BCUT2D eigenvalue weighted by Gasteiger charge is 2.12. The quantitative estimate of drug-likeness (QED) is 0.886. The largest absolute Gasteiger partial charge is 0.493 e. The predicted octanol–water partition coefficient (Wildman–Crippen LogP) is 3.12. The lowest BCUT2D eigenvalue weighted by Crippen LogP contribution is -2.05. The zero-order chi connectivity index (χ0) is 15.2. The summed E-state index contributed by atoms with van der Waals surface area (Å²) in [7, 11) is 3.09. The number of anilines is 1. The van der Waals surface area contributed by atoms with E-state index >= 15 is 0 Å². The fraction of sp³-hybridized carbons (Fsp3) is 0.333. The normalized spacial score (nSPS) is 10.3. The van der Waals surface area contributed by atoms with Crippen molar-refractivity contribution in [2.24, 2.45) is 0 Å². The first-order valence-corrected chi connectivity index (χ1v) is 6.68. The smallest absolute Gasteiger partial charge is 0.223 e. The van der Waals surface area contributed by atoms with Crippen LogP contribution in [0.15, 0.2) is 24.4 Å². The molecule has 0 amide bonds. The van der Waals surface area contributed by atoms with Crippen molar-refractivity contribution < 1.29 is 13.9 Å². The third-order valence-electron chi connectivity index (χ3n) is 2.93. The molecule has 0 aliphatic rings. The Morgan fingerprint density at radius 1 is 1.19 bits per heavy atom. The van der Waals surface area contributed by atoms with Gasteiger partial charge in [-0.25, -0.2) is 14.4 Å². The summed E-state index contributed by atoms with van der Waals surface area (Å²) in [6.07, 6.45) is 2.10. The Balaban J connectivity index is 2.40. The first-order chi connectivity index (χ1) is 10.2. The van der Waals surface area contributed by atoms with E-state index in [9.17, 15) is 4.39 Å². The topological polar surface area (TPSA) is 56.3 Å². The van der Waals surface area contributed by atoms with Crippen LogP contribution in [0.5, 0.6) is 11.5 Å². The first kappa shape index (κ1) is 15.0. The summed E-state index contributed by atoms with van der Waals surface area (Å²) in [6, 6.07) is 5.14. The summed E-state index contributed by atoms with van der Waals surface area (Å²) < 4.78 is 24.4. The Labute approximate surface area is 123 Å². The van der Waals surface area contributed by atoms with E-state index in [1.54, 1.807) is 25.3 Å². The first-order valence-electron chi connectivity index (χ1n) is 6.68. The van der Waals surface area contributed by atoms with Crippen LogP contribution in [-0.4, -0.2) is 30.7 Å². The monoisotopic (exact) mass is 291 g/mol. The number of methoxy groups -OCH3 is 2. The van der Waals surface area contributed by atoms with Gasteiger partial charge < -0.3 is 14.8 Å². The van der Waals surface area contributed by atoms with Crippen molar-refractivity contribution in [1.82, 2.24) is 9.97 Å². The van der Waals surface area contributed by atoms with Crippen molar-refractivity contribution in [1.29, 1.82) is 0 Å². The van der Waals surface area contributed by atoms with Crippen LogP contribution in [0.4, 0.5) is 10.3 Å². The molecule has 112 valence electrons. The summed E-state index contributed by atoms with van der Waals surface area (Å²) in [6.45, 7) is 2.77. The highest BCUT2D eigenvalue weighted by Crippen LogP contribution is 2.32. The fourth-order valence-corrected chi connectivity index (χ4v) is 1.88. The summed E-state index contributed by atoms with van der Waals surface area (Å²) in [5.74, 6) is 1.03. The van der Waals surface area contributed by atoms with E-state index < -0.39 is 5.82 Å². The second-order valence-electron chi connectivity index (χ2n) is 4.39. The minimum atomic E-state index is -0.482. The van der Waals surface area contributed by atoms with Crippen LogP contribution in [-0.2, 0) is 0 Å². The standard InChI is InChI=1S/C15H18FN3O2/c1-4-7-17-15-18-9-11(16)14(19-15)10-5-6-12(20-2)13(8-10)21-3/h5-6,8-9H,4,7H2,1-3H3,(H,17,18,19). The average molecular weight is 291 g/mol. The van der Waals surface area contributed by atoms with Gasteiger partial charge in [0.1, 0.15) is 5.69 Å². The van der Waals surface area contributed by atoms with E-state index in [0.717, 1.165) is 19.2 Å². The molecule has 6 heteroatoms. The van der Waals surface area contributed by atoms with E-state index in [0.29, 0.717) is 23.0 Å². The molecular weight excluding hydrogens is 273 g/mol. The van der Waals surface area contributed by atoms with Crippen molar-refractivity contribution in [3.8, 4) is 22.8 Å². The van der Waals surface area contributed by atoms with Crippen molar-refractivity contribution >= 4 is 5.95 Å². The molecule has 1 N–H and O–H groups in total. The van der Waals surface area contributed by atoms with Crippen LogP contribution >= 0.6 is 0 Å². The average Bonchev–Trinajstić information content (AvgIpc) is 2.53. The van der Waals surface area contributed by atoms with Crippen molar-refractivity contribution in [3.63, 3.8) is 0 Å². The molecule has 21 heavy (non-hydrogen) atoms. The molecule has 0 fully saturated rings. The van der Waals surface area contributed by atoms with Gasteiger partial charge in [-0.15, -0.1) is 0 Å². The molecule has 5 nitrogen and oxygen atoms in total. The van der Waals surface area contributed by atoms with Gasteiger partial charge in [0.15, 0.2) is 17.3 Å². The van der Waals surface area contributed by atoms with Crippen LogP contribution in [0.2, 0.25) is 0 Å². The van der Waals surface area contributed by atoms with Gasteiger partial charge in [-0.2, -0.15) is 0 Å². The Bertz CT molecular complexity index is 620. The van der Waals surface area contributed by atoms with E-state index in [2.05, 4.69) is 15.3 Å². The number of ether oxygens (including phenoxy) is 2. The minimum absolute atomic E-state index is 0.226. The number of nitrogens with one attached hydrogen (secondary N) is 1. The summed E-state index contributed by atoms with van der Waals surface area (Å²) in [5.41, 5.74) is 0.830. The zero-order valence-corrected chi connectivity index (χ0v) is 12.3. The van der Waals surface area contributed by atoms with E-state index in [4.69, 9.17) is 9.47 Å². The maximum atomic E-state index is 14.0. The number of halogens is 1. The third-order valence-corrected chi connectivity index (χ3v) is 2.93. The predicted molar refractivity (Wildman–Crippen MR) is 79.3 cm³/mol. The molecule has 2 rings (SSSR count). The lowest BCUT2D eigenvalue weighted by atomic mass is 10.1. The summed E-state index contributed by atoms with van der Waals surface area (Å²) in [5, 5.41) is 3.04. The second kappa shape index (κ2) is 6.88. The van der Waals surface area contributed by atoms with Gasteiger partial charge in [0.2, 0.25) is 5.95 Å². The van der Waals surface area contributed by atoms with E-state index in [1.165, 1.54) is 7.11 Å². The number of aromatic nitrogens is 2. The molecule has 0 spiro atoms. The molecule has 0 radical (unpaired) electrons. The number of nitrogens with zero attached hydrogens (tertiary/aromatic N) is 2. The number of hydrogen-bond donors (Lipinski definition) is 1. The molecule has 0 bridgehead atoms. The molecule has 2 aromatic rings. The summed E-state index contributed by atoms with van der Waals surface area (Å²) in [4.78, 5) is 8.14. The van der Waals surface area contributed by atoms with Gasteiger partial charge in [-0.1, -0.05) is 6.92 Å². The SMILES string of the molecule is CCCNc1ncc(F)c(-c2ccc(OC)c(OC)c2)n1. The van der Waals surface area contributed by atoms with Crippen molar-refractivity contribution in [3.05, 3.63) is 30.2 Å². The van der Waals surface area contributed by atoms with Crippen LogP contribution in [0.1, 0.15) is 13.3 Å². The van der Waals surface area contributed by atoms with Crippen molar-refractivity contribution in [2.45, 2.75) is 13.3 Å². The zero-order valence-electron chi connectivity index (χ0n) is 12.3. The number of rotatable bonds is 6. The van der Waals surface area contributed by atoms with Crippen LogP contribution in [0.3, 0.4) is 0 Å². The summed E-state index contributed by atoms with van der Waals surface area (Å²) >= 11 is 0. The molecule has 1 heterocycles. The Hall–Kier alpha value is -2.37. The van der Waals surface area contributed by atoms with Gasteiger partial charge >= 0.3 is 0 Å². The minimum Gasteiger partial charge on any atom is -0.493 e. The fourth-order valence-electron chi connectivity index (χ4n) is 1.88. The molecule has 0 atom stereocenters. The molecule has 0 unspecified atom stereocenters. The lowest BCUT2D eigenvalue weighted by Gasteiger charge is -2.10.